The molecule has 0 aromatic carbocycles. The van der Waals surface area contributed by atoms with Crippen molar-refractivity contribution in [3.63, 3.8) is 0 Å². The summed E-state index contributed by atoms with van der Waals surface area (Å²) in [4.78, 5) is 0. The molecule has 1 unspecified atom stereocenters. The number of hydrogen-bond acceptors (Lipinski definition) is 2. The molecule has 0 aromatic rings. The molecular weight excluding hydrogens is 189 g/mol. The predicted octanol–water partition coefficient (Wildman–Crippen LogP) is -0.123. The van der Waals surface area contributed by atoms with E-state index >= 15 is 0 Å². The van der Waals surface area contributed by atoms with Gasteiger partial charge in [-0.3, -0.25) is 4.55 Å². The first-order chi connectivity index (χ1) is 5.08. The van der Waals surface area contributed by atoms with Gasteiger partial charge in [0.05, 0.1) is 0 Å². The Kier molecular flexibility index (Phi) is 5.97. The van der Waals surface area contributed by atoms with Crippen molar-refractivity contribution in [1.29, 1.82) is 0 Å². The quantitative estimate of drug-likeness (QED) is 0.484. The summed E-state index contributed by atoms with van der Waals surface area (Å²) in [6, 6.07) is -0.0984. The topological polar surface area (TPSA) is 66.4 Å². The molecule has 0 aromatic heterocycles. The van der Waals surface area contributed by atoms with Crippen LogP contribution in [-0.4, -0.2) is 48.6 Å². The molecule has 67 valence electrons. The molecule has 6 heteroatoms. The van der Waals surface area contributed by atoms with Crippen LogP contribution in [0.3, 0.4) is 0 Å². The van der Waals surface area contributed by atoms with Crippen molar-refractivity contribution in [2.45, 2.75) is 31.7 Å². The molecule has 2 N–H and O–H groups in total. The molecule has 1 saturated carbocycles. The average Bonchev–Trinajstić information content (AvgIpc) is 1.85. The van der Waals surface area contributed by atoms with Crippen LogP contribution in [0, 0.1) is 6.42 Å². The zero-order valence-corrected chi connectivity index (χ0v) is 6.97. The van der Waals surface area contributed by atoms with E-state index in [0.717, 1.165) is 25.7 Å². The minimum absolute atomic E-state index is 0. The Morgan fingerprint density at radius 1 is 1.50 bits per heavy atom. The van der Waals surface area contributed by atoms with Gasteiger partial charge in [0.2, 0.25) is 0 Å². The maximum atomic E-state index is 10.3. The fourth-order valence-corrected chi connectivity index (χ4v) is 1.90. The van der Waals surface area contributed by atoms with Crippen LogP contribution in [-0.2, 0) is 10.3 Å². The molecule has 0 bridgehead atoms. The summed E-state index contributed by atoms with van der Waals surface area (Å²) in [7, 11) is -3.99. The Morgan fingerprint density at radius 2 is 2.17 bits per heavy atom. The van der Waals surface area contributed by atoms with Gasteiger partial charge in [-0.2, -0.15) is 13.1 Å². The molecule has 1 aliphatic rings. The van der Waals surface area contributed by atoms with E-state index in [2.05, 4.69) is 4.72 Å². The summed E-state index contributed by atoms with van der Waals surface area (Å²) in [6.07, 6.45) is 5.61. The van der Waals surface area contributed by atoms with Crippen molar-refractivity contribution >= 4 is 39.9 Å². The van der Waals surface area contributed by atoms with Gasteiger partial charge in [-0.1, -0.05) is 12.8 Å². The molecule has 1 rings (SSSR count). The van der Waals surface area contributed by atoms with Gasteiger partial charge in [-0.05, 0) is 19.3 Å². The molecule has 0 amide bonds. The van der Waals surface area contributed by atoms with E-state index in [0.29, 0.717) is 0 Å². The molecule has 1 fully saturated rings. The Balaban J connectivity index is 0.00000121. The van der Waals surface area contributed by atoms with Gasteiger partial charge < -0.3 is 0 Å². The van der Waals surface area contributed by atoms with Crippen molar-refractivity contribution < 1.29 is 13.0 Å². The van der Waals surface area contributed by atoms with E-state index in [-0.39, 0.29) is 35.6 Å². The monoisotopic (exact) mass is 202 g/mol. The molecule has 1 aliphatic carbocycles. The second kappa shape index (κ2) is 5.57. The van der Waals surface area contributed by atoms with Gasteiger partial charge in [0.15, 0.2) is 0 Å². The summed E-state index contributed by atoms with van der Waals surface area (Å²) >= 11 is 0. The molecular formula is C6H13NNaO3S. The first-order valence-electron chi connectivity index (χ1n) is 3.64. The van der Waals surface area contributed by atoms with Crippen LogP contribution in [0.4, 0.5) is 0 Å². The van der Waals surface area contributed by atoms with Gasteiger partial charge in [-0.25, -0.2) is 0 Å². The summed E-state index contributed by atoms with van der Waals surface area (Å²) < 4.78 is 31.2. The van der Waals surface area contributed by atoms with Gasteiger partial charge in [0.25, 0.3) is 0 Å². The van der Waals surface area contributed by atoms with E-state index in [1.165, 1.54) is 0 Å². The molecule has 0 spiro atoms. The number of nitrogens with one attached hydrogen (secondary N) is 1. The third kappa shape index (κ3) is 5.50. The van der Waals surface area contributed by atoms with E-state index < -0.39 is 10.3 Å². The zero-order chi connectivity index (χ0) is 8.32. The fraction of sp³-hybridized carbons (Fsp3) is 0.833. The van der Waals surface area contributed by atoms with E-state index in [9.17, 15) is 8.42 Å². The van der Waals surface area contributed by atoms with Crippen LogP contribution in [0.15, 0.2) is 0 Å². The Bertz CT molecular complexity index is 211. The summed E-state index contributed by atoms with van der Waals surface area (Å²) in [5.41, 5.74) is 0. The fourth-order valence-electron chi connectivity index (χ4n) is 1.26. The van der Waals surface area contributed by atoms with Gasteiger partial charge in [0.1, 0.15) is 0 Å². The van der Waals surface area contributed by atoms with E-state index in [1.54, 1.807) is 0 Å². The first kappa shape index (κ1) is 12.9. The van der Waals surface area contributed by atoms with Gasteiger partial charge in [-0.15, -0.1) is 0 Å². The van der Waals surface area contributed by atoms with E-state index in [4.69, 9.17) is 4.55 Å². The SMILES string of the molecule is O=S(=O)(O)NC1C[CH]CCC1.[NaH]. The van der Waals surface area contributed by atoms with Crippen LogP contribution >= 0.6 is 0 Å². The summed E-state index contributed by atoms with van der Waals surface area (Å²) in [5, 5.41) is 0. The molecule has 12 heavy (non-hydrogen) atoms. The summed E-state index contributed by atoms with van der Waals surface area (Å²) in [5.74, 6) is 0. The minimum atomic E-state index is -3.99. The second-order valence-corrected chi connectivity index (χ2v) is 3.93. The van der Waals surface area contributed by atoms with Crippen molar-refractivity contribution in [2.24, 2.45) is 0 Å². The third-order valence-corrected chi connectivity index (χ3v) is 2.36. The molecule has 0 saturated heterocycles. The second-order valence-electron chi connectivity index (χ2n) is 2.75. The molecule has 0 heterocycles. The number of hydrogen-bond donors (Lipinski definition) is 2. The van der Waals surface area contributed by atoms with E-state index in [1.807, 2.05) is 6.42 Å². The van der Waals surface area contributed by atoms with Crippen molar-refractivity contribution in [2.75, 3.05) is 0 Å². The van der Waals surface area contributed by atoms with Crippen molar-refractivity contribution in [3.05, 3.63) is 6.42 Å². The van der Waals surface area contributed by atoms with Crippen molar-refractivity contribution in [3.8, 4) is 0 Å². The summed E-state index contributed by atoms with van der Waals surface area (Å²) in [6.45, 7) is 0. The molecule has 0 aliphatic heterocycles. The predicted molar refractivity (Wildman–Crippen MR) is 48.4 cm³/mol. The normalized spacial score (nSPS) is 20.1. The number of rotatable bonds is 2. The maximum absolute atomic E-state index is 10.3. The standard InChI is InChI=1S/C6H12NO3S.Na.H/c8-11(9,10)7-6-4-2-1-3-5-6;;/h2,6-7H,1,3-5H2,(H,8,9,10);;. The third-order valence-electron chi connectivity index (χ3n) is 1.73. The van der Waals surface area contributed by atoms with Crippen molar-refractivity contribution in [1.82, 2.24) is 4.72 Å². The van der Waals surface area contributed by atoms with Crippen LogP contribution in [0.5, 0.6) is 0 Å². The van der Waals surface area contributed by atoms with Gasteiger partial charge in [0, 0.05) is 6.04 Å². The van der Waals surface area contributed by atoms with Gasteiger partial charge >= 0.3 is 39.9 Å². The van der Waals surface area contributed by atoms with Crippen LogP contribution in [0.2, 0.25) is 0 Å². The Hall–Kier alpha value is 0.870. The molecule has 4 nitrogen and oxygen atoms in total. The van der Waals surface area contributed by atoms with Crippen LogP contribution < -0.4 is 4.72 Å². The average molecular weight is 202 g/mol. The first-order valence-corrected chi connectivity index (χ1v) is 5.08. The van der Waals surface area contributed by atoms with Crippen LogP contribution in [0.1, 0.15) is 25.7 Å². The molecule has 1 atom stereocenters. The zero-order valence-electron chi connectivity index (χ0n) is 6.16. The Morgan fingerprint density at radius 3 is 2.58 bits per heavy atom. The Labute approximate surface area is 95.3 Å². The van der Waals surface area contributed by atoms with Crippen LogP contribution in [0.25, 0.3) is 0 Å². The molecule has 1 radical (unpaired) electrons.